The van der Waals surface area contributed by atoms with E-state index in [0.717, 1.165) is 130 Å². The lowest BCUT2D eigenvalue weighted by atomic mass is 9.47. The molecule has 1 atom stereocenters. The van der Waals surface area contributed by atoms with Crippen LogP contribution in [0.25, 0.3) is 0 Å². The molecule has 0 N–H and O–H groups in total. The van der Waals surface area contributed by atoms with Crippen molar-refractivity contribution < 1.29 is 59.6 Å². The number of Topliss-reactive ketones (excluding diaryl/α,β-unsaturated/α-hetero) is 7. The third-order valence-corrected chi connectivity index (χ3v) is 30.2. The van der Waals surface area contributed by atoms with Crippen LogP contribution in [0, 0.1) is 103 Å². The Morgan fingerprint density at radius 3 is 1.40 bits per heavy atom. The molecular weight excluding hydrogens is 1650 g/mol. The zero-order chi connectivity index (χ0) is 94.7. The molecule has 16 nitrogen and oxygen atoms in total. The fourth-order valence-electron chi connectivity index (χ4n) is 18.8. The number of ether oxygens (including phenoxy) is 1. The molecule has 4 heterocycles. The molecule has 126 heavy (non-hydrogen) atoms. The van der Waals surface area contributed by atoms with Crippen LogP contribution in [0.15, 0.2) is 148 Å². The Balaban J connectivity index is 0.000000203. The number of aryl methyl sites for hydroxylation is 6. The number of halogens is 1. The van der Waals surface area contributed by atoms with Crippen LogP contribution in [-0.2, 0) is 54.8 Å². The van der Waals surface area contributed by atoms with Gasteiger partial charge in [0.2, 0.25) is 15.1 Å². The van der Waals surface area contributed by atoms with E-state index in [1.54, 1.807) is 58.0 Å². The van der Waals surface area contributed by atoms with Crippen LogP contribution in [0.4, 0.5) is 0 Å². The Bertz CT molecular complexity index is 5060. The molecule has 1 unspecified atom stereocenters. The smallest absolute Gasteiger partial charge is 0.276 e. The van der Waals surface area contributed by atoms with Crippen LogP contribution < -0.4 is 4.74 Å². The van der Waals surface area contributed by atoms with Gasteiger partial charge in [0.15, 0.2) is 28.9 Å². The Kier molecular flexibility index (Phi) is 35.4. The molecule has 20 heteroatoms. The van der Waals surface area contributed by atoms with Crippen molar-refractivity contribution in [1.29, 1.82) is 0 Å². The highest BCUT2D eigenvalue weighted by Gasteiger charge is 2.57. The van der Waals surface area contributed by atoms with E-state index in [0.29, 0.717) is 48.9 Å². The molecule has 7 fully saturated rings. The number of thiazole rings is 1. The highest BCUT2D eigenvalue weighted by atomic mass is 35.5. The average Bonchev–Trinajstić information content (AvgIpc) is 0.781. The van der Waals surface area contributed by atoms with Crippen LogP contribution in [-0.4, -0.2) is 103 Å². The lowest BCUT2D eigenvalue weighted by Crippen LogP contribution is -2.52. The molecule has 4 bridgehead atoms. The molecule has 2 saturated heterocycles. The van der Waals surface area contributed by atoms with Gasteiger partial charge in [0, 0.05) is 74.0 Å². The quantitative estimate of drug-likeness (QED) is 0.0820. The van der Waals surface area contributed by atoms with Crippen LogP contribution in [0.2, 0.25) is 5.02 Å². The number of hydrogen-bond donors (Lipinski definition) is 0. The van der Waals surface area contributed by atoms with Crippen molar-refractivity contribution in [1.82, 2.24) is 13.6 Å². The monoisotopic (exact) mass is 1800 g/mol. The highest BCUT2D eigenvalue weighted by molar-refractivity contribution is 7.89. The third kappa shape index (κ3) is 26.9. The summed E-state index contributed by atoms with van der Waals surface area (Å²) < 4.78 is 64.5. The molecule has 5 aliphatic carbocycles. The van der Waals surface area contributed by atoms with E-state index in [1.807, 2.05) is 224 Å². The maximum Gasteiger partial charge on any atom is 0.276 e. The van der Waals surface area contributed by atoms with Gasteiger partial charge < -0.3 is 9.15 Å². The van der Waals surface area contributed by atoms with E-state index in [4.69, 9.17) is 20.8 Å². The van der Waals surface area contributed by atoms with E-state index in [-0.39, 0.29) is 83.4 Å². The minimum absolute atomic E-state index is 0.00158. The summed E-state index contributed by atoms with van der Waals surface area (Å²) in [6.45, 7) is 55.9. The SMILES string of the molecule is CC(C)(C)C(=O)C(C)(c1ccccc1)c1ccccc1.CC(C)(C)C(=O)C12CC3CC(CC(C3)C1)C2.CC(C)(C)C(=O)C1CCCCN1S(=O)(=O)c1ccccc1.Cc1ccc(C2(C(=O)C(C)(C)C)CCCC2)c(Cl)c1.Cc1ccc(OCC(=O)C(C)(C)C)c(C)c1.Cc1nc(C)c(C(=O)C(C)(C)C)s1.Cc1oc(S(=O)(=O)N2CCCCC2)cc1C(=O)C(C)(C)C. The number of hydrogen-bond acceptors (Lipinski definition) is 15. The van der Waals surface area contributed by atoms with Crippen LogP contribution in [0.1, 0.15) is 325 Å². The van der Waals surface area contributed by atoms with Gasteiger partial charge in [0.25, 0.3) is 10.0 Å². The summed E-state index contributed by atoms with van der Waals surface area (Å²) in [5.74, 6) is 5.17. The Hall–Kier alpha value is -7.39. The summed E-state index contributed by atoms with van der Waals surface area (Å²) in [5, 5.41) is 1.60. The number of piperidine rings is 2. The van der Waals surface area contributed by atoms with Gasteiger partial charge in [-0.3, -0.25) is 33.6 Å². The fraction of sp³-hybridized carbons (Fsp3) is 0.585. The van der Waals surface area contributed by atoms with Gasteiger partial charge >= 0.3 is 0 Å². The van der Waals surface area contributed by atoms with Gasteiger partial charge in [-0.15, -0.1) is 11.3 Å². The van der Waals surface area contributed by atoms with Crippen molar-refractivity contribution in [2.24, 2.45) is 61.1 Å². The van der Waals surface area contributed by atoms with E-state index in [2.05, 4.69) is 44.0 Å². The average molecular weight is 1810 g/mol. The summed E-state index contributed by atoms with van der Waals surface area (Å²) in [6.07, 6.45) is 17.1. The molecule has 7 aliphatic rings. The first-order valence-corrected chi connectivity index (χ1v) is 49.6. The Morgan fingerprint density at radius 1 is 0.500 bits per heavy atom. The Labute approximate surface area is 766 Å². The van der Waals surface area contributed by atoms with E-state index in [9.17, 15) is 50.4 Å². The number of benzene rings is 5. The summed E-state index contributed by atoms with van der Waals surface area (Å²) in [4.78, 5) is 92.6. The largest absolute Gasteiger partial charge is 0.486 e. The third-order valence-electron chi connectivity index (χ3n) is 25.1. The number of rotatable bonds is 16. The number of ketones is 7. The van der Waals surface area contributed by atoms with Gasteiger partial charge in [0.05, 0.1) is 42.9 Å². The van der Waals surface area contributed by atoms with Gasteiger partial charge in [-0.1, -0.05) is 291 Å². The molecule has 5 aromatic carbocycles. The fourth-order valence-corrected chi connectivity index (χ4v) is 23.4. The number of carbonyl (C=O) groups is 7. The highest BCUT2D eigenvalue weighted by Crippen LogP contribution is 2.62. The zero-order valence-electron chi connectivity index (χ0n) is 81.4. The molecular formula is C106H150ClN3O13S3. The minimum Gasteiger partial charge on any atom is -0.486 e. The van der Waals surface area contributed by atoms with Crippen molar-refractivity contribution >= 4 is 83.5 Å². The molecule has 14 rings (SSSR count). The number of aromatic nitrogens is 1. The van der Waals surface area contributed by atoms with Crippen LogP contribution in [0.5, 0.6) is 5.75 Å². The summed E-state index contributed by atoms with van der Waals surface area (Å²) >= 11 is 7.93. The normalized spacial score (nSPS) is 19.8. The standard InChI is InChI=1S/C19H22O.C17H23ClO.C16H23NO3S.C15H23NO4S.C15H24O.C14H20O2.C10H15NOS/c1-18(2,3)17(20)19(4,15-11-7-5-8-12-15)16-13-9-6-10-14-16;1-12-7-8-13(14(18)11-12)17(9-5-6-10-17)15(19)16(2,3)4;1-16(2,3)15(18)14-11-7-8-12-17(14)21(19,20)13-9-5-4-6-10-13;1-11-12(14(17)15(2,3)4)10-13(20-11)21(18,19)16-8-6-5-7-9-16;1-14(2,3)13(16)15-7-10-4-11(8-15)6-12(5-10)9-15;1-10-6-7-12(11(2)8-10)16-9-13(15)14(3,4)5;1-6-8(13-7(2)11-6)9(12)10(3,4)5/h5-14H,1-4H3;7-8,11H,5-6,9-10H2,1-4H3;4-6,9-10,14H,7-8,11-12H2,1-3H3;10H,5-9H2,1-4H3;10-12H,4-9H2,1-3H3;6-8H,9H2,1-5H3;1-5H3. The van der Waals surface area contributed by atoms with Crippen molar-refractivity contribution in [3.63, 3.8) is 0 Å². The van der Waals surface area contributed by atoms with Crippen molar-refractivity contribution in [3.05, 3.63) is 199 Å². The first kappa shape index (κ1) is 106. The van der Waals surface area contributed by atoms with Crippen LogP contribution >= 0.6 is 22.9 Å². The van der Waals surface area contributed by atoms with E-state index in [1.165, 1.54) is 70.1 Å². The number of sulfonamides is 2. The number of carbonyl (C=O) groups excluding carboxylic acids is 7. The summed E-state index contributed by atoms with van der Waals surface area (Å²) in [5.41, 5.74) is 4.32. The predicted molar refractivity (Wildman–Crippen MR) is 513 cm³/mol. The topological polar surface area (TPSA) is 230 Å². The van der Waals surface area contributed by atoms with Crippen molar-refractivity contribution in [3.8, 4) is 5.75 Å². The van der Waals surface area contributed by atoms with Gasteiger partial charge in [-0.25, -0.2) is 21.8 Å². The lowest BCUT2D eigenvalue weighted by Gasteiger charge is -2.57. The van der Waals surface area contributed by atoms with Crippen LogP contribution in [0.3, 0.4) is 0 Å². The lowest BCUT2D eigenvalue weighted by molar-refractivity contribution is -0.152. The first-order chi connectivity index (χ1) is 58.0. The van der Waals surface area contributed by atoms with Gasteiger partial charge in [0.1, 0.15) is 29.7 Å². The number of nitrogens with zero attached hydrogens (tertiary/aromatic N) is 3. The molecule has 0 radical (unpaired) electrons. The molecule has 2 aliphatic heterocycles. The molecule has 0 spiro atoms. The second kappa shape index (κ2) is 42.2. The predicted octanol–water partition coefficient (Wildman–Crippen LogP) is 25.6. The molecule has 7 aromatic rings. The maximum absolute atomic E-state index is 13.1. The summed E-state index contributed by atoms with van der Waals surface area (Å²) in [6, 6.07) is 41.4. The second-order valence-corrected chi connectivity index (χ2v) is 49.0. The second-order valence-electron chi connectivity index (χ2n) is 43.7. The maximum atomic E-state index is 13.1. The zero-order valence-corrected chi connectivity index (χ0v) is 84.6. The summed E-state index contributed by atoms with van der Waals surface area (Å²) in [7, 11) is -7.23. The Morgan fingerprint density at radius 2 is 0.968 bits per heavy atom. The van der Waals surface area contributed by atoms with E-state index >= 15 is 0 Å². The minimum atomic E-state index is -3.63. The molecule has 692 valence electrons. The molecule has 2 aromatic heterocycles. The molecule has 5 saturated carbocycles. The first-order valence-electron chi connectivity index (χ1n) is 45.5. The molecule has 0 amide bonds. The number of furan rings is 1. The van der Waals surface area contributed by atoms with Gasteiger partial charge in [-0.2, -0.15) is 8.61 Å². The van der Waals surface area contributed by atoms with Crippen molar-refractivity contribution in [2.75, 3.05) is 26.2 Å². The van der Waals surface area contributed by atoms with E-state index < -0.39 is 42.3 Å². The van der Waals surface area contributed by atoms with Gasteiger partial charge in [-0.05, 0) is 195 Å². The van der Waals surface area contributed by atoms with Crippen molar-refractivity contribution in [2.45, 2.75) is 323 Å².